The van der Waals surface area contributed by atoms with Crippen LogP contribution in [-0.2, 0) is 20.1 Å². The number of aryl methyl sites for hydroxylation is 1. The van der Waals surface area contributed by atoms with E-state index >= 15 is 0 Å². The molecule has 0 bridgehead atoms. The molecule has 48 heavy (non-hydrogen) atoms. The molecule has 3 heterocycles. The second kappa shape index (κ2) is 13.9. The van der Waals surface area contributed by atoms with Gasteiger partial charge >= 0.3 is 0 Å². The third-order valence-electron chi connectivity index (χ3n) is 8.75. The van der Waals surface area contributed by atoms with E-state index in [0.29, 0.717) is 0 Å². The molecule has 3 aromatic heterocycles. The molecule has 0 aliphatic carbocycles. The molecule has 0 atom stereocenters. The first kappa shape index (κ1) is 32.5. The van der Waals surface area contributed by atoms with Gasteiger partial charge in [0.2, 0.25) is 0 Å². The zero-order valence-electron chi connectivity index (χ0n) is 29.1. The molecule has 1 radical (unpaired) electrons. The number of benzene rings is 5. The molecule has 241 valence electrons. The molecular weight excluding hydrogens is 797 g/mol. The molecule has 0 saturated heterocycles. The second-order valence-electron chi connectivity index (χ2n) is 13.4. The molecular formula is C43H38IrN2SSi-2. The van der Waals surface area contributed by atoms with Crippen molar-refractivity contribution in [1.82, 2.24) is 9.97 Å². The van der Waals surface area contributed by atoms with Gasteiger partial charge in [0.1, 0.15) is 0 Å². The van der Waals surface area contributed by atoms with Crippen LogP contribution < -0.4 is 5.19 Å². The molecule has 0 fully saturated rings. The van der Waals surface area contributed by atoms with Crippen molar-refractivity contribution < 1.29 is 21.5 Å². The topological polar surface area (TPSA) is 25.8 Å². The van der Waals surface area contributed by atoms with Crippen LogP contribution in [0.5, 0.6) is 0 Å². The summed E-state index contributed by atoms with van der Waals surface area (Å²) in [7, 11) is -1.27. The molecule has 0 N–H and O–H groups in total. The Morgan fingerprint density at radius 2 is 1.46 bits per heavy atom. The van der Waals surface area contributed by atoms with Gasteiger partial charge in [-0.2, -0.15) is 11.3 Å². The summed E-state index contributed by atoms with van der Waals surface area (Å²) in [5, 5.41) is 9.01. The van der Waals surface area contributed by atoms with Crippen LogP contribution in [0.3, 0.4) is 0 Å². The predicted molar refractivity (Wildman–Crippen MR) is 207 cm³/mol. The molecule has 8 aromatic rings. The quantitative estimate of drug-likeness (QED) is 0.100. The second-order valence-corrected chi connectivity index (χ2v) is 19.5. The van der Waals surface area contributed by atoms with Crippen LogP contribution in [0.15, 0.2) is 116 Å². The number of aromatic nitrogens is 2. The van der Waals surface area contributed by atoms with E-state index in [2.05, 4.69) is 122 Å². The van der Waals surface area contributed by atoms with Crippen LogP contribution in [0.2, 0.25) is 19.6 Å². The van der Waals surface area contributed by atoms with Crippen molar-refractivity contribution in [3.63, 3.8) is 0 Å². The van der Waals surface area contributed by atoms with E-state index in [1.54, 1.807) is 17.5 Å². The van der Waals surface area contributed by atoms with E-state index in [0.717, 1.165) is 28.1 Å². The Morgan fingerprint density at radius 3 is 2.12 bits per heavy atom. The fourth-order valence-electron chi connectivity index (χ4n) is 6.29. The smallest absolute Gasteiger partial charge is 0.0798 e. The summed E-state index contributed by atoms with van der Waals surface area (Å²) in [6, 6.07) is 42.6. The van der Waals surface area contributed by atoms with E-state index in [9.17, 15) is 0 Å². The average molecular weight is 836 g/mol. The standard InChI is InChI=1S/C28H20NS.C15H18NSi.Ir/c1-17(2)18-10-11-29-26(15-18)24-9-5-8-23-25-14-21-12-19-6-3-4-7-20(19)13-22(21)16-27(25)30-28(23)24;1-12-10-14(13-8-6-5-7-9-13)16-11-15(12)17(2,3)4;/h3-8,10-17H,1-2H3;5-8,10-11H,1-4H3;/q2*-1;/i17D;;. The maximum Gasteiger partial charge on any atom is 0.0798 e. The Bertz CT molecular complexity index is 2440. The maximum absolute atomic E-state index is 8.39. The maximum atomic E-state index is 8.39. The van der Waals surface area contributed by atoms with Crippen LogP contribution in [-0.4, -0.2) is 18.0 Å². The molecule has 0 aliphatic rings. The number of hydrogen-bond acceptors (Lipinski definition) is 3. The average Bonchev–Trinajstić information content (AvgIpc) is 3.43. The molecule has 5 aromatic carbocycles. The van der Waals surface area contributed by atoms with Gasteiger partial charge in [-0.05, 0) is 91.4 Å². The van der Waals surface area contributed by atoms with Crippen molar-refractivity contribution in [2.24, 2.45) is 0 Å². The predicted octanol–water partition coefficient (Wildman–Crippen LogP) is 11.7. The fourth-order valence-corrected chi connectivity index (χ4v) is 9.23. The van der Waals surface area contributed by atoms with Gasteiger partial charge in [0, 0.05) is 38.6 Å². The number of pyridine rings is 2. The van der Waals surface area contributed by atoms with Gasteiger partial charge in [0.15, 0.2) is 0 Å². The Hall–Kier alpha value is -3.99. The number of nitrogens with zero attached hydrogens (tertiary/aromatic N) is 2. The monoisotopic (exact) mass is 836 g/mol. The first-order valence-corrected chi connectivity index (χ1v) is 20.4. The minimum atomic E-state index is -1.27. The fraction of sp³-hybridized carbons (Fsp3) is 0.163. The Kier molecular flexibility index (Phi) is 9.40. The zero-order valence-corrected chi connectivity index (χ0v) is 32.3. The first-order valence-electron chi connectivity index (χ1n) is 16.6. The van der Waals surface area contributed by atoms with Crippen LogP contribution in [0, 0.1) is 19.1 Å². The van der Waals surface area contributed by atoms with Gasteiger partial charge in [-0.3, -0.25) is 0 Å². The van der Waals surface area contributed by atoms with Gasteiger partial charge in [0.25, 0.3) is 0 Å². The van der Waals surface area contributed by atoms with Crippen molar-refractivity contribution in [2.45, 2.75) is 46.3 Å². The Labute approximate surface area is 303 Å². The molecule has 0 aliphatic heterocycles. The van der Waals surface area contributed by atoms with E-state index in [1.807, 2.05) is 50.2 Å². The van der Waals surface area contributed by atoms with Crippen molar-refractivity contribution in [3.8, 4) is 22.5 Å². The van der Waals surface area contributed by atoms with Gasteiger partial charge in [-0.1, -0.05) is 86.4 Å². The summed E-state index contributed by atoms with van der Waals surface area (Å²) < 4.78 is 10.9. The number of hydrogen-bond donors (Lipinski definition) is 0. The third-order valence-corrected chi connectivity index (χ3v) is 12.1. The first-order chi connectivity index (χ1) is 23.0. The third kappa shape index (κ3) is 6.79. The molecule has 8 rings (SSSR count). The number of thiophene rings is 1. The molecule has 5 heteroatoms. The Balaban J connectivity index is 0.000000198. The molecule has 0 unspecified atom stereocenters. The largest absolute Gasteiger partial charge is 0.305 e. The van der Waals surface area contributed by atoms with Crippen molar-refractivity contribution in [3.05, 3.63) is 139 Å². The van der Waals surface area contributed by atoms with E-state index in [1.165, 1.54) is 52.5 Å². The van der Waals surface area contributed by atoms with Gasteiger partial charge in [0.05, 0.1) is 8.07 Å². The SMILES string of the molecule is Cc1cc(-c2[c-]cccc2)ncc1[Si](C)(C)C.[2H]C(C)(C)c1ccnc(-c2[c-]ccc3c2sc2cc4cc5ccccc5cc4cc23)c1.[Ir]. The summed E-state index contributed by atoms with van der Waals surface area (Å²) >= 11 is 1.80. The van der Waals surface area contributed by atoms with Crippen LogP contribution >= 0.6 is 11.3 Å². The van der Waals surface area contributed by atoms with E-state index < -0.39 is 14.0 Å². The van der Waals surface area contributed by atoms with Crippen LogP contribution in [0.4, 0.5) is 0 Å². The van der Waals surface area contributed by atoms with Crippen LogP contribution in [0.25, 0.3) is 64.2 Å². The van der Waals surface area contributed by atoms with Gasteiger partial charge in [-0.25, -0.2) is 0 Å². The minimum Gasteiger partial charge on any atom is -0.305 e. The normalized spacial score (nSPS) is 12.1. The van der Waals surface area contributed by atoms with E-state index in [4.69, 9.17) is 1.37 Å². The zero-order chi connectivity index (χ0) is 33.6. The summed E-state index contributed by atoms with van der Waals surface area (Å²) in [5.41, 5.74) is 6.29. The molecule has 2 nitrogen and oxygen atoms in total. The summed E-state index contributed by atoms with van der Waals surface area (Å²) in [4.78, 5) is 9.21. The van der Waals surface area contributed by atoms with Gasteiger partial charge in [-0.15, -0.1) is 59.7 Å². The summed E-state index contributed by atoms with van der Waals surface area (Å²) in [5.74, 6) is -0.661. The Morgan fingerprint density at radius 1 is 0.729 bits per heavy atom. The summed E-state index contributed by atoms with van der Waals surface area (Å²) in [6.45, 7) is 13.1. The van der Waals surface area contributed by atoms with Gasteiger partial charge < -0.3 is 9.97 Å². The number of fused-ring (bicyclic) bond motifs is 5. The van der Waals surface area contributed by atoms with Crippen molar-refractivity contribution >= 4 is 66.3 Å². The minimum absolute atomic E-state index is 0. The van der Waals surface area contributed by atoms with Crippen molar-refractivity contribution in [2.75, 3.05) is 0 Å². The van der Waals surface area contributed by atoms with Crippen molar-refractivity contribution in [1.29, 1.82) is 0 Å². The molecule has 0 spiro atoms. The molecule has 0 amide bonds. The summed E-state index contributed by atoms with van der Waals surface area (Å²) in [6.07, 6.45) is 3.86. The van der Waals surface area contributed by atoms with E-state index in [-0.39, 0.29) is 20.1 Å². The van der Waals surface area contributed by atoms with Crippen LogP contribution in [0.1, 0.15) is 32.2 Å². The molecule has 0 saturated carbocycles. The number of rotatable bonds is 4.